The highest BCUT2D eigenvalue weighted by Gasteiger charge is 2.20. The van der Waals surface area contributed by atoms with Gasteiger partial charge in [-0.05, 0) is 19.1 Å². The van der Waals surface area contributed by atoms with Crippen LogP contribution in [0.1, 0.15) is 22.2 Å². The number of carbonyl (C=O) groups is 1. The van der Waals surface area contributed by atoms with E-state index in [9.17, 15) is 14.3 Å². The van der Waals surface area contributed by atoms with Crippen LogP contribution in [0.4, 0.5) is 4.39 Å². The van der Waals surface area contributed by atoms with E-state index in [-0.39, 0.29) is 16.7 Å². The van der Waals surface area contributed by atoms with E-state index in [0.717, 1.165) is 11.3 Å². The fourth-order valence-electron chi connectivity index (χ4n) is 2.09. The fourth-order valence-corrected chi connectivity index (χ4v) is 3.17. The van der Waals surface area contributed by atoms with E-state index >= 15 is 0 Å². The van der Waals surface area contributed by atoms with Gasteiger partial charge in [-0.3, -0.25) is 0 Å². The molecule has 1 heterocycles. The van der Waals surface area contributed by atoms with Gasteiger partial charge >= 0.3 is 5.97 Å². The summed E-state index contributed by atoms with van der Waals surface area (Å²) >= 11 is 1.10. The normalized spacial score (nSPS) is 12.8. The van der Waals surface area contributed by atoms with E-state index in [1.165, 1.54) is 6.07 Å². The molecule has 4 nitrogen and oxygen atoms in total. The summed E-state index contributed by atoms with van der Waals surface area (Å²) in [6.45, 7) is 2.73. The number of benzene rings is 1. The molecule has 1 unspecified atom stereocenters. The van der Waals surface area contributed by atoms with E-state index in [2.05, 4.69) is 5.32 Å². The van der Waals surface area contributed by atoms with Gasteiger partial charge in [0.25, 0.3) is 0 Å². The number of halogens is 1. The van der Waals surface area contributed by atoms with Crippen LogP contribution < -0.4 is 5.32 Å². The maximum absolute atomic E-state index is 14.0. The van der Waals surface area contributed by atoms with Gasteiger partial charge in [0.1, 0.15) is 10.7 Å². The lowest BCUT2D eigenvalue weighted by Gasteiger charge is -2.12. The smallest absolute Gasteiger partial charge is 0.346 e. The predicted octanol–water partition coefficient (Wildman–Crippen LogP) is 2.86. The van der Waals surface area contributed by atoms with Gasteiger partial charge in [0.15, 0.2) is 0 Å². The van der Waals surface area contributed by atoms with Gasteiger partial charge in [-0.15, -0.1) is 11.3 Å². The van der Waals surface area contributed by atoms with Crippen LogP contribution >= 0.6 is 11.3 Å². The van der Waals surface area contributed by atoms with E-state index in [1.54, 1.807) is 19.2 Å². The molecule has 0 aliphatic rings. The summed E-state index contributed by atoms with van der Waals surface area (Å²) in [7, 11) is 1.60. The third-order valence-electron chi connectivity index (χ3n) is 3.00. The first-order valence-corrected chi connectivity index (χ1v) is 7.01. The van der Waals surface area contributed by atoms with Gasteiger partial charge in [-0.1, -0.05) is 6.07 Å². The van der Waals surface area contributed by atoms with Crippen molar-refractivity contribution in [2.75, 3.05) is 13.7 Å². The number of aromatic carboxylic acids is 1. The van der Waals surface area contributed by atoms with Gasteiger partial charge in [0.05, 0.1) is 6.61 Å². The highest BCUT2D eigenvalue weighted by molar-refractivity contribution is 7.21. The first-order valence-electron chi connectivity index (χ1n) is 6.20. The van der Waals surface area contributed by atoms with Crippen LogP contribution in [0.3, 0.4) is 0 Å². The molecule has 2 N–H and O–H groups in total. The largest absolute Gasteiger partial charge is 0.477 e. The average Bonchev–Trinajstić information content (AvgIpc) is 2.77. The molecule has 2 aromatic rings. The van der Waals surface area contributed by atoms with E-state index in [4.69, 9.17) is 4.74 Å². The Morgan fingerprint density at radius 1 is 1.55 bits per heavy atom. The van der Waals surface area contributed by atoms with Gasteiger partial charge in [-0.25, -0.2) is 9.18 Å². The second-order valence-corrected chi connectivity index (χ2v) is 5.62. The first-order chi connectivity index (χ1) is 9.54. The maximum Gasteiger partial charge on any atom is 0.346 e. The zero-order valence-electron chi connectivity index (χ0n) is 11.3. The molecule has 0 amide bonds. The Balaban J connectivity index is 2.38. The Kier molecular flexibility index (Phi) is 4.69. The standard InChI is InChI=1S/C14H16FNO3S/c1-8(7-19-2)16-6-9-12-10(15)4-3-5-11(12)20-13(9)14(17)18/h3-5,8,16H,6-7H2,1-2H3,(H,17,18). The lowest BCUT2D eigenvalue weighted by Crippen LogP contribution is -2.30. The Labute approximate surface area is 120 Å². The summed E-state index contributed by atoms with van der Waals surface area (Å²) in [5.74, 6) is -1.41. The van der Waals surface area contributed by atoms with Crippen LogP contribution in [0.15, 0.2) is 18.2 Å². The van der Waals surface area contributed by atoms with Crippen LogP contribution in [0.5, 0.6) is 0 Å². The molecular formula is C14H16FNO3S. The number of rotatable bonds is 6. The summed E-state index contributed by atoms with van der Waals surface area (Å²) in [5.41, 5.74) is 0.499. The van der Waals surface area contributed by atoms with Crippen molar-refractivity contribution in [1.29, 1.82) is 0 Å². The molecule has 20 heavy (non-hydrogen) atoms. The molecule has 0 aliphatic carbocycles. The van der Waals surface area contributed by atoms with Crippen molar-refractivity contribution in [3.05, 3.63) is 34.5 Å². The predicted molar refractivity (Wildman–Crippen MR) is 76.9 cm³/mol. The minimum Gasteiger partial charge on any atom is -0.477 e. The highest BCUT2D eigenvalue weighted by Crippen LogP contribution is 2.33. The van der Waals surface area contributed by atoms with Crippen molar-refractivity contribution in [3.63, 3.8) is 0 Å². The second kappa shape index (κ2) is 6.30. The number of hydrogen-bond donors (Lipinski definition) is 2. The zero-order chi connectivity index (χ0) is 14.7. The molecular weight excluding hydrogens is 281 g/mol. The van der Waals surface area contributed by atoms with Crippen LogP contribution in [-0.2, 0) is 11.3 Å². The Morgan fingerprint density at radius 3 is 2.95 bits per heavy atom. The number of carboxylic acids is 1. The monoisotopic (exact) mass is 297 g/mol. The molecule has 0 bridgehead atoms. The summed E-state index contributed by atoms with van der Waals surface area (Å²) in [5, 5.41) is 12.8. The van der Waals surface area contributed by atoms with Crippen molar-refractivity contribution >= 4 is 27.4 Å². The lowest BCUT2D eigenvalue weighted by molar-refractivity contribution is 0.0701. The molecule has 0 saturated carbocycles. The molecule has 0 saturated heterocycles. The molecule has 108 valence electrons. The van der Waals surface area contributed by atoms with Crippen molar-refractivity contribution in [2.45, 2.75) is 19.5 Å². The lowest BCUT2D eigenvalue weighted by atomic mass is 10.1. The highest BCUT2D eigenvalue weighted by atomic mass is 32.1. The molecule has 0 radical (unpaired) electrons. The Bertz CT molecular complexity index is 626. The molecule has 2 rings (SSSR count). The number of methoxy groups -OCH3 is 1. The van der Waals surface area contributed by atoms with Gasteiger partial charge in [-0.2, -0.15) is 0 Å². The Hall–Kier alpha value is -1.50. The van der Waals surface area contributed by atoms with Crippen molar-refractivity contribution in [1.82, 2.24) is 5.32 Å². The van der Waals surface area contributed by atoms with Gasteiger partial charge in [0, 0.05) is 35.3 Å². The molecule has 1 aromatic carbocycles. The summed E-state index contributed by atoms with van der Waals surface area (Å²) in [4.78, 5) is 11.5. The van der Waals surface area contributed by atoms with E-state index in [0.29, 0.717) is 28.8 Å². The van der Waals surface area contributed by atoms with Crippen molar-refractivity contribution in [2.24, 2.45) is 0 Å². The van der Waals surface area contributed by atoms with Crippen molar-refractivity contribution in [3.8, 4) is 0 Å². The van der Waals surface area contributed by atoms with Crippen LogP contribution in [0.2, 0.25) is 0 Å². The number of ether oxygens (including phenoxy) is 1. The minimum atomic E-state index is -1.03. The first kappa shape index (κ1) is 14.9. The number of carboxylic acid groups (broad SMARTS) is 1. The number of thiophene rings is 1. The summed E-state index contributed by atoms with van der Waals surface area (Å²) in [6.07, 6.45) is 0. The number of fused-ring (bicyclic) bond motifs is 1. The van der Waals surface area contributed by atoms with Crippen LogP contribution in [0.25, 0.3) is 10.1 Å². The maximum atomic E-state index is 14.0. The second-order valence-electron chi connectivity index (χ2n) is 4.57. The molecule has 0 fully saturated rings. The zero-order valence-corrected chi connectivity index (χ0v) is 12.1. The van der Waals surface area contributed by atoms with Crippen LogP contribution in [-0.4, -0.2) is 30.8 Å². The fraction of sp³-hybridized carbons (Fsp3) is 0.357. The quantitative estimate of drug-likeness (QED) is 0.861. The van der Waals surface area contributed by atoms with Gasteiger partial charge in [0.2, 0.25) is 0 Å². The number of hydrogen-bond acceptors (Lipinski definition) is 4. The third-order valence-corrected chi connectivity index (χ3v) is 4.19. The SMILES string of the molecule is COCC(C)NCc1c(C(=O)O)sc2cccc(F)c12. The molecule has 1 aromatic heterocycles. The molecule has 0 aliphatic heterocycles. The average molecular weight is 297 g/mol. The van der Waals surface area contributed by atoms with Crippen molar-refractivity contribution < 1.29 is 19.0 Å². The topological polar surface area (TPSA) is 58.6 Å². The van der Waals surface area contributed by atoms with E-state index < -0.39 is 5.97 Å². The number of nitrogens with one attached hydrogen (secondary N) is 1. The summed E-state index contributed by atoms with van der Waals surface area (Å²) < 4.78 is 19.6. The molecule has 6 heteroatoms. The third kappa shape index (κ3) is 2.98. The minimum absolute atomic E-state index is 0.0587. The van der Waals surface area contributed by atoms with E-state index in [1.807, 2.05) is 6.92 Å². The van der Waals surface area contributed by atoms with Crippen LogP contribution in [0, 0.1) is 5.82 Å². The summed E-state index contributed by atoms with van der Waals surface area (Å²) in [6, 6.07) is 4.73. The molecule has 1 atom stereocenters. The Morgan fingerprint density at radius 2 is 2.30 bits per heavy atom. The van der Waals surface area contributed by atoms with Gasteiger partial charge < -0.3 is 15.2 Å². The molecule has 0 spiro atoms.